The summed E-state index contributed by atoms with van der Waals surface area (Å²) in [4.78, 5) is 50.0. The highest BCUT2D eigenvalue weighted by Gasteiger charge is 2.43. The van der Waals surface area contributed by atoms with Crippen LogP contribution in [-0.2, 0) is 27.5 Å². The number of para-hydroxylation sites is 1. The van der Waals surface area contributed by atoms with E-state index in [1.54, 1.807) is 30.4 Å². The number of rotatable bonds is 10. The van der Waals surface area contributed by atoms with E-state index in [1.165, 1.54) is 11.8 Å². The molecule has 0 aliphatic carbocycles. The topological polar surface area (TPSA) is 126 Å². The molecule has 0 fully saturated rings. The van der Waals surface area contributed by atoms with Crippen LogP contribution in [-0.4, -0.2) is 52.0 Å². The lowest BCUT2D eigenvalue weighted by Gasteiger charge is -2.32. The second-order valence-electron chi connectivity index (χ2n) is 9.21. The Balaban J connectivity index is 1.32. The van der Waals surface area contributed by atoms with Gasteiger partial charge in [0.05, 0.1) is 37.3 Å². The van der Waals surface area contributed by atoms with E-state index in [2.05, 4.69) is 15.6 Å². The standard InChI is InChI=1S/C29H29N5O5S/c1-3-24(28(37)31-17-20-7-6-14-39-20)40-29-32-22-9-5-4-8-21(22)26-33-27(36)23(34(26)29)15-25(35)30-16-18-10-12-19(38-2)13-11-18/h4-14,23-24H,3,15-17H2,1-2H3,(H,30,35)(H,31,37). The van der Waals surface area contributed by atoms with Crippen LogP contribution in [0.1, 0.15) is 36.7 Å². The average Bonchev–Trinajstić information content (AvgIpc) is 3.62. The van der Waals surface area contributed by atoms with Crippen molar-refractivity contribution in [2.45, 2.75) is 44.1 Å². The molecular weight excluding hydrogens is 530 g/mol. The van der Waals surface area contributed by atoms with Gasteiger partial charge in [-0.2, -0.15) is 4.99 Å². The molecule has 2 aliphatic heterocycles. The summed E-state index contributed by atoms with van der Waals surface area (Å²) < 4.78 is 10.5. The zero-order chi connectivity index (χ0) is 28.1. The maximum Gasteiger partial charge on any atom is 0.271 e. The van der Waals surface area contributed by atoms with Crippen molar-refractivity contribution in [1.29, 1.82) is 0 Å². The summed E-state index contributed by atoms with van der Waals surface area (Å²) in [5.41, 5.74) is 2.26. The minimum Gasteiger partial charge on any atom is -0.497 e. The Morgan fingerprint density at radius 3 is 2.58 bits per heavy atom. The molecule has 0 bridgehead atoms. The first-order valence-electron chi connectivity index (χ1n) is 12.9. The van der Waals surface area contributed by atoms with Gasteiger partial charge < -0.3 is 19.8 Å². The van der Waals surface area contributed by atoms with Crippen LogP contribution in [0.2, 0.25) is 0 Å². The molecule has 2 aromatic carbocycles. The smallest absolute Gasteiger partial charge is 0.271 e. The van der Waals surface area contributed by atoms with E-state index in [-0.39, 0.29) is 24.8 Å². The fourth-order valence-electron chi connectivity index (χ4n) is 4.43. The van der Waals surface area contributed by atoms with E-state index in [1.807, 2.05) is 55.5 Å². The highest BCUT2D eigenvalue weighted by molar-refractivity contribution is 8.15. The number of thioether (sulfide) groups is 1. The first-order valence-corrected chi connectivity index (χ1v) is 13.8. The van der Waals surface area contributed by atoms with E-state index in [4.69, 9.17) is 14.1 Å². The number of hydrogen-bond donors (Lipinski definition) is 2. The van der Waals surface area contributed by atoms with Gasteiger partial charge in [-0.3, -0.25) is 19.3 Å². The summed E-state index contributed by atoms with van der Waals surface area (Å²) in [6.45, 7) is 2.49. The molecule has 2 atom stereocenters. The van der Waals surface area contributed by atoms with Crippen molar-refractivity contribution in [3.8, 4) is 5.75 Å². The Labute approximate surface area is 235 Å². The van der Waals surface area contributed by atoms with E-state index in [0.29, 0.717) is 41.0 Å². The van der Waals surface area contributed by atoms with Crippen molar-refractivity contribution in [2.24, 2.45) is 9.98 Å². The SMILES string of the molecule is CCC(SC1=Nc2ccccc2C2=NC(=O)C(CC(=O)NCc3ccc(OC)cc3)N12)C(=O)NCc1ccco1. The van der Waals surface area contributed by atoms with Crippen LogP contribution in [0.3, 0.4) is 0 Å². The van der Waals surface area contributed by atoms with Gasteiger partial charge in [0.15, 0.2) is 5.17 Å². The second kappa shape index (κ2) is 12.2. The van der Waals surface area contributed by atoms with Crippen molar-refractivity contribution < 1.29 is 23.5 Å². The molecule has 0 radical (unpaired) electrons. The molecule has 0 saturated heterocycles. The molecule has 3 heterocycles. The minimum atomic E-state index is -0.867. The van der Waals surface area contributed by atoms with Gasteiger partial charge in [-0.1, -0.05) is 43.0 Å². The third-order valence-electron chi connectivity index (χ3n) is 6.56. The van der Waals surface area contributed by atoms with E-state index < -0.39 is 17.2 Å². The van der Waals surface area contributed by atoms with Crippen molar-refractivity contribution in [3.63, 3.8) is 0 Å². The zero-order valence-electron chi connectivity index (χ0n) is 22.1. The van der Waals surface area contributed by atoms with Gasteiger partial charge in [0.25, 0.3) is 5.91 Å². The Morgan fingerprint density at radius 1 is 1.05 bits per heavy atom. The third-order valence-corrected chi connectivity index (χ3v) is 7.89. The summed E-state index contributed by atoms with van der Waals surface area (Å²) >= 11 is 1.25. The highest BCUT2D eigenvalue weighted by Crippen LogP contribution is 2.36. The maximum atomic E-state index is 13.1. The van der Waals surface area contributed by atoms with Gasteiger partial charge in [-0.15, -0.1) is 0 Å². The molecule has 0 saturated carbocycles. The number of furan rings is 1. The van der Waals surface area contributed by atoms with E-state index >= 15 is 0 Å². The molecule has 2 N–H and O–H groups in total. The number of nitrogens with one attached hydrogen (secondary N) is 2. The quantitative estimate of drug-likeness (QED) is 0.387. The van der Waals surface area contributed by atoms with Crippen LogP contribution < -0.4 is 15.4 Å². The Morgan fingerprint density at radius 2 is 1.85 bits per heavy atom. The van der Waals surface area contributed by atoms with Crippen LogP contribution in [0.5, 0.6) is 5.75 Å². The molecular formula is C29H29N5O5S. The zero-order valence-corrected chi connectivity index (χ0v) is 22.9. The van der Waals surface area contributed by atoms with Crippen LogP contribution in [0.15, 0.2) is 81.3 Å². The molecule has 5 rings (SSSR count). The predicted molar refractivity (Wildman–Crippen MR) is 152 cm³/mol. The van der Waals surface area contributed by atoms with Crippen molar-refractivity contribution in [3.05, 3.63) is 83.8 Å². The van der Waals surface area contributed by atoms with Gasteiger partial charge in [-0.25, -0.2) is 4.99 Å². The Bertz CT molecular complexity index is 1450. The second-order valence-corrected chi connectivity index (χ2v) is 10.4. The Kier molecular flexibility index (Phi) is 8.30. The fraction of sp³-hybridized carbons (Fsp3) is 0.276. The van der Waals surface area contributed by atoms with Gasteiger partial charge in [0.2, 0.25) is 11.8 Å². The van der Waals surface area contributed by atoms with Crippen LogP contribution in [0.25, 0.3) is 0 Å². The summed E-state index contributed by atoms with van der Waals surface area (Å²) in [7, 11) is 1.59. The minimum absolute atomic E-state index is 0.106. The molecule has 3 amide bonds. The highest BCUT2D eigenvalue weighted by atomic mass is 32.2. The largest absolute Gasteiger partial charge is 0.497 e. The lowest BCUT2D eigenvalue weighted by Crippen LogP contribution is -2.47. The van der Waals surface area contributed by atoms with Crippen molar-refractivity contribution >= 4 is 46.2 Å². The molecule has 2 unspecified atom stereocenters. The monoisotopic (exact) mass is 559 g/mol. The van der Waals surface area contributed by atoms with Crippen LogP contribution >= 0.6 is 11.8 Å². The number of benzene rings is 2. The van der Waals surface area contributed by atoms with Crippen molar-refractivity contribution in [1.82, 2.24) is 15.5 Å². The molecule has 3 aromatic rings. The number of amides is 3. The molecule has 11 heteroatoms. The lowest BCUT2D eigenvalue weighted by molar-refractivity contribution is -0.126. The molecule has 2 aliphatic rings. The lowest BCUT2D eigenvalue weighted by atomic mass is 10.1. The Hall–Kier alpha value is -4.38. The van der Waals surface area contributed by atoms with Crippen LogP contribution in [0, 0.1) is 0 Å². The summed E-state index contributed by atoms with van der Waals surface area (Å²) in [5.74, 6) is 0.926. The number of nitrogens with zero attached hydrogens (tertiary/aromatic N) is 3. The fourth-order valence-corrected chi connectivity index (χ4v) is 5.52. The third kappa shape index (κ3) is 5.94. The molecule has 0 spiro atoms. The summed E-state index contributed by atoms with van der Waals surface area (Å²) in [5, 5.41) is 5.75. The number of methoxy groups -OCH3 is 1. The van der Waals surface area contributed by atoms with E-state index in [9.17, 15) is 14.4 Å². The first kappa shape index (κ1) is 27.2. The predicted octanol–water partition coefficient (Wildman–Crippen LogP) is 3.78. The molecule has 1 aromatic heterocycles. The number of aliphatic imine (C=N–C) groups is 2. The first-order chi connectivity index (χ1) is 19.5. The summed E-state index contributed by atoms with van der Waals surface area (Å²) in [6, 6.07) is 17.5. The van der Waals surface area contributed by atoms with Gasteiger partial charge in [0.1, 0.15) is 23.4 Å². The average molecular weight is 560 g/mol. The van der Waals surface area contributed by atoms with Gasteiger partial charge in [-0.05, 0) is 48.4 Å². The number of carbonyl (C=O) groups excluding carboxylic acids is 3. The van der Waals surface area contributed by atoms with Crippen LogP contribution in [0.4, 0.5) is 5.69 Å². The molecule has 10 nitrogen and oxygen atoms in total. The summed E-state index contributed by atoms with van der Waals surface area (Å²) in [6.07, 6.45) is 1.97. The van der Waals surface area contributed by atoms with Gasteiger partial charge >= 0.3 is 0 Å². The molecule has 206 valence electrons. The number of ether oxygens (including phenoxy) is 1. The number of fused-ring (bicyclic) bond motifs is 3. The molecule has 40 heavy (non-hydrogen) atoms. The van der Waals surface area contributed by atoms with E-state index in [0.717, 1.165) is 11.3 Å². The number of amidine groups is 2. The van der Waals surface area contributed by atoms with Gasteiger partial charge in [0, 0.05) is 12.1 Å². The van der Waals surface area contributed by atoms with Crippen molar-refractivity contribution in [2.75, 3.05) is 7.11 Å². The number of hydrogen-bond acceptors (Lipinski definition) is 8. The normalized spacial score (nSPS) is 16.4. The number of carbonyl (C=O) groups is 3. The maximum absolute atomic E-state index is 13.1.